The highest BCUT2D eigenvalue weighted by Gasteiger charge is 2.17. The van der Waals surface area contributed by atoms with Crippen molar-refractivity contribution in [1.82, 2.24) is 4.98 Å². The number of nitrogens with zero attached hydrogens (tertiary/aromatic N) is 1. The van der Waals surface area contributed by atoms with Crippen LogP contribution in [-0.2, 0) is 15.8 Å². The molecule has 3 aromatic carbocycles. The highest BCUT2D eigenvalue weighted by molar-refractivity contribution is 9.10. The fraction of sp³-hybridized carbons (Fsp3) is 0.0455. The molecule has 9 heteroatoms. The third-order valence-electron chi connectivity index (χ3n) is 4.45. The Labute approximate surface area is 196 Å². The lowest BCUT2D eigenvalue weighted by Crippen LogP contribution is -2.11. The molecule has 0 saturated carbocycles. The summed E-state index contributed by atoms with van der Waals surface area (Å²) >= 11 is 6.58. The first-order valence-corrected chi connectivity index (χ1v) is 13.2. The van der Waals surface area contributed by atoms with E-state index < -0.39 is 10.0 Å². The molecule has 0 aliphatic carbocycles. The molecule has 0 aliphatic heterocycles. The SMILES string of the molecule is NS(=O)(=O)c1ccc(-c2nc(SCc3ccc(Br)cc3)sc2-c2ccc(F)cc2)cc1. The quantitative estimate of drug-likeness (QED) is 0.294. The summed E-state index contributed by atoms with van der Waals surface area (Å²) in [5.41, 5.74) is 3.50. The van der Waals surface area contributed by atoms with E-state index in [0.29, 0.717) is 0 Å². The predicted octanol–water partition coefficient (Wildman–Crippen LogP) is 6.32. The van der Waals surface area contributed by atoms with E-state index in [1.807, 2.05) is 12.1 Å². The second-order valence-corrected chi connectivity index (χ2v) is 11.3. The third-order valence-corrected chi connectivity index (χ3v) is 8.22. The smallest absolute Gasteiger partial charge is 0.229 e. The summed E-state index contributed by atoms with van der Waals surface area (Å²) in [5, 5.41) is 5.21. The van der Waals surface area contributed by atoms with Gasteiger partial charge in [-0.3, -0.25) is 0 Å². The summed E-state index contributed by atoms with van der Waals surface area (Å²) < 4.78 is 38.5. The van der Waals surface area contributed by atoms with Gasteiger partial charge in [0.15, 0.2) is 4.34 Å². The Kier molecular flexibility index (Phi) is 6.59. The zero-order valence-corrected chi connectivity index (χ0v) is 20.0. The average molecular weight is 535 g/mol. The normalized spacial score (nSPS) is 11.6. The molecule has 31 heavy (non-hydrogen) atoms. The summed E-state index contributed by atoms with van der Waals surface area (Å²) in [6, 6.07) is 20.7. The summed E-state index contributed by atoms with van der Waals surface area (Å²) in [6.45, 7) is 0. The van der Waals surface area contributed by atoms with Crippen molar-refractivity contribution in [2.24, 2.45) is 5.14 Å². The molecule has 0 atom stereocenters. The summed E-state index contributed by atoms with van der Waals surface area (Å²) in [4.78, 5) is 5.73. The van der Waals surface area contributed by atoms with Crippen molar-refractivity contribution >= 4 is 49.1 Å². The van der Waals surface area contributed by atoms with Crippen LogP contribution in [0.4, 0.5) is 4.39 Å². The molecule has 2 N–H and O–H groups in total. The molecule has 1 aromatic heterocycles. The van der Waals surface area contributed by atoms with E-state index in [2.05, 4.69) is 28.1 Å². The minimum atomic E-state index is -3.77. The maximum absolute atomic E-state index is 13.4. The molecule has 0 unspecified atom stereocenters. The Balaban J connectivity index is 1.70. The van der Waals surface area contributed by atoms with Crippen LogP contribution >= 0.6 is 39.0 Å². The van der Waals surface area contributed by atoms with Crippen molar-refractivity contribution in [3.63, 3.8) is 0 Å². The molecule has 0 spiro atoms. The Hall–Kier alpha value is -2.04. The van der Waals surface area contributed by atoms with Gasteiger partial charge in [-0.25, -0.2) is 22.9 Å². The molecule has 4 aromatic rings. The first-order valence-electron chi connectivity index (χ1n) is 9.07. The van der Waals surface area contributed by atoms with Gasteiger partial charge in [-0.15, -0.1) is 11.3 Å². The largest absolute Gasteiger partial charge is 0.238 e. The standard InChI is InChI=1S/C22H16BrFN2O2S3/c23-17-7-1-14(2-8-17)13-29-22-26-20(15-5-11-19(12-6-15)31(25,27)28)21(30-22)16-3-9-18(24)10-4-16/h1-12H,13H2,(H2,25,27,28). The van der Waals surface area contributed by atoms with Gasteiger partial charge in [-0.1, -0.05) is 64.1 Å². The van der Waals surface area contributed by atoms with Gasteiger partial charge in [-0.2, -0.15) is 0 Å². The molecule has 0 radical (unpaired) electrons. The van der Waals surface area contributed by atoms with Crippen LogP contribution in [-0.4, -0.2) is 13.4 Å². The summed E-state index contributed by atoms with van der Waals surface area (Å²) in [6.07, 6.45) is 0. The lowest BCUT2D eigenvalue weighted by molar-refractivity contribution is 0.598. The van der Waals surface area contributed by atoms with Crippen molar-refractivity contribution in [1.29, 1.82) is 0 Å². The Bertz CT molecular complexity index is 1300. The van der Waals surface area contributed by atoms with Gasteiger partial charge in [0.05, 0.1) is 15.5 Å². The van der Waals surface area contributed by atoms with E-state index >= 15 is 0 Å². The van der Waals surface area contributed by atoms with Crippen LogP contribution in [0.2, 0.25) is 0 Å². The summed E-state index contributed by atoms with van der Waals surface area (Å²) in [5.74, 6) is 0.449. The Morgan fingerprint density at radius 3 is 2.16 bits per heavy atom. The molecule has 158 valence electrons. The second-order valence-electron chi connectivity index (χ2n) is 6.65. The van der Waals surface area contributed by atoms with Crippen LogP contribution in [0.1, 0.15) is 5.56 Å². The van der Waals surface area contributed by atoms with E-state index in [9.17, 15) is 12.8 Å². The number of halogens is 2. The lowest BCUT2D eigenvalue weighted by Gasteiger charge is -2.04. The van der Waals surface area contributed by atoms with Crippen LogP contribution < -0.4 is 5.14 Å². The number of benzene rings is 3. The third kappa shape index (κ3) is 5.42. The van der Waals surface area contributed by atoms with Gasteiger partial charge >= 0.3 is 0 Å². The van der Waals surface area contributed by atoms with Crippen LogP contribution in [0.5, 0.6) is 0 Å². The maximum atomic E-state index is 13.4. The van der Waals surface area contributed by atoms with Crippen molar-refractivity contribution in [3.8, 4) is 21.7 Å². The van der Waals surface area contributed by atoms with Crippen molar-refractivity contribution < 1.29 is 12.8 Å². The van der Waals surface area contributed by atoms with E-state index in [1.165, 1.54) is 41.2 Å². The van der Waals surface area contributed by atoms with E-state index in [0.717, 1.165) is 36.3 Å². The number of aromatic nitrogens is 1. The molecule has 0 fully saturated rings. The molecule has 0 aliphatic rings. The number of primary sulfonamides is 1. The van der Waals surface area contributed by atoms with Gasteiger partial charge in [0.1, 0.15) is 5.82 Å². The van der Waals surface area contributed by atoms with E-state index in [1.54, 1.807) is 36.0 Å². The first kappa shape index (κ1) is 22.2. The van der Waals surface area contributed by atoms with Crippen molar-refractivity contribution in [2.75, 3.05) is 0 Å². The monoisotopic (exact) mass is 534 g/mol. The minimum Gasteiger partial charge on any atom is -0.229 e. The first-order chi connectivity index (χ1) is 14.8. The van der Waals surface area contributed by atoms with Gasteiger partial charge in [0.25, 0.3) is 0 Å². The molecule has 0 amide bonds. The topological polar surface area (TPSA) is 73.1 Å². The van der Waals surface area contributed by atoms with E-state index in [-0.39, 0.29) is 10.7 Å². The highest BCUT2D eigenvalue weighted by atomic mass is 79.9. The van der Waals surface area contributed by atoms with Crippen LogP contribution in [0.3, 0.4) is 0 Å². The fourth-order valence-corrected chi connectivity index (χ4v) is 5.79. The number of rotatable bonds is 6. The Morgan fingerprint density at radius 1 is 0.935 bits per heavy atom. The molecule has 1 heterocycles. The predicted molar refractivity (Wildman–Crippen MR) is 128 cm³/mol. The van der Waals surface area contributed by atoms with Crippen molar-refractivity contribution in [2.45, 2.75) is 15.0 Å². The summed E-state index contributed by atoms with van der Waals surface area (Å²) in [7, 11) is -3.77. The fourth-order valence-electron chi connectivity index (χ4n) is 2.88. The van der Waals surface area contributed by atoms with Crippen LogP contribution in [0, 0.1) is 5.82 Å². The molecule has 4 rings (SSSR count). The molecular weight excluding hydrogens is 519 g/mol. The van der Waals surface area contributed by atoms with Gasteiger partial charge in [-0.05, 0) is 47.5 Å². The number of thioether (sulfide) groups is 1. The minimum absolute atomic E-state index is 0.0413. The van der Waals surface area contributed by atoms with Crippen LogP contribution in [0.25, 0.3) is 21.7 Å². The molecule has 4 nitrogen and oxygen atoms in total. The number of nitrogens with two attached hydrogens (primary N) is 1. The Morgan fingerprint density at radius 2 is 1.55 bits per heavy atom. The number of sulfonamides is 1. The van der Waals surface area contributed by atoms with Gasteiger partial charge < -0.3 is 0 Å². The molecular formula is C22H16BrFN2O2S3. The van der Waals surface area contributed by atoms with Crippen molar-refractivity contribution in [3.05, 3.63) is 88.6 Å². The number of thiazole rings is 1. The highest BCUT2D eigenvalue weighted by Crippen LogP contribution is 2.41. The second kappa shape index (κ2) is 9.22. The zero-order valence-electron chi connectivity index (χ0n) is 16.0. The van der Waals surface area contributed by atoms with Gasteiger partial charge in [0.2, 0.25) is 10.0 Å². The molecule has 0 bridgehead atoms. The molecule has 0 saturated heterocycles. The van der Waals surface area contributed by atoms with E-state index in [4.69, 9.17) is 10.1 Å². The van der Waals surface area contributed by atoms with Gasteiger partial charge in [0, 0.05) is 15.8 Å². The number of hydrogen-bond acceptors (Lipinski definition) is 5. The zero-order chi connectivity index (χ0) is 22.0. The number of hydrogen-bond donors (Lipinski definition) is 1. The van der Waals surface area contributed by atoms with Crippen LogP contribution in [0.15, 0.2) is 86.5 Å². The maximum Gasteiger partial charge on any atom is 0.238 e. The average Bonchev–Trinajstić information content (AvgIpc) is 3.18. The lowest BCUT2D eigenvalue weighted by atomic mass is 10.1.